The number of fused-ring (bicyclic) bond motifs is 1. The third-order valence-corrected chi connectivity index (χ3v) is 4.04. The zero-order valence-electron chi connectivity index (χ0n) is 10.4. The van der Waals surface area contributed by atoms with Crippen LogP contribution in [-0.4, -0.2) is 18.1 Å². The van der Waals surface area contributed by atoms with Crippen LogP contribution >= 0.6 is 11.8 Å². The van der Waals surface area contributed by atoms with Gasteiger partial charge in [-0.2, -0.15) is 11.8 Å². The second-order valence-electron chi connectivity index (χ2n) is 4.40. The lowest BCUT2D eigenvalue weighted by Gasteiger charge is -2.22. The quantitative estimate of drug-likeness (QED) is 0.816. The summed E-state index contributed by atoms with van der Waals surface area (Å²) in [6.45, 7) is 2.95. The Morgan fingerprint density at radius 1 is 1.47 bits per heavy atom. The maximum atomic E-state index is 6.13. The predicted octanol–water partition coefficient (Wildman–Crippen LogP) is 3.15. The van der Waals surface area contributed by atoms with E-state index in [0.29, 0.717) is 0 Å². The van der Waals surface area contributed by atoms with Crippen LogP contribution in [0.2, 0.25) is 0 Å². The number of nitrogens with two attached hydrogens (primary N) is 1. The van der Waals surface area contributed by atoms with E-state index >= 15 is 0 Å². The molecule has 2 rings (SSSR count). The third-order valence-electron chi connectivity index (χ3n) is 3.18. The minimum Gasteiger partial charge on any atom is -0.493 e. The molecule has 1 atom stereocenters. The fraction of sp³-hybridized carbons (Fsp3) is 0.571. The third kappa shape index (κ3) is 3.39. The normalized spacial score (nSPS) is 18.8. The van der Waals surface area contributed by atoms with Crippen LogP contribution in [0.4, 0.5) is 0 Å². The molecule has 2 N–H and O–H groups in total. The molecule has 2 nitrogen and oxygen atoms in total. The van der Waals surface area contributed by atoms with Crippen molar-refractivity contribution in [1.82, 2.24) is 0 Å². The van der Waals surface area contributed by atoms with E-state index in [2.05, 4.69) is 25.1 Å². The number of ether oxygens (including phenoxy) is 1. The lowest BCUT2D eigenvalue weighted by Crippen LogP contribution is -2.17. The first-order chi connectivity index (χ1) is 8.31. The van der Waals surface area contributed by atoms with E-state index in [9.17, 15) is 0 Å². The van der Waals surface area contributed by atoms with Crippen LogP contribution < -0.4 is 10.5 Å². The molecule has 1 aromatic carbocycles. The Morgan fingerprint density at radius 2 is 2.35 bits per heavy atom. The number of hydrogen-bond acceptors (Lipinski definition) is 3. The molecule has 17 heavy (non-hydrogen) atoms. The molecule has 0 unspecified atom stereocenters. The Labute approximate surface area is 108 Å². The van der Waals surface area contributed by atoms with Gasteiger partial charge in [0, 0.05) is 11.8 Å². The van der Waals surface area contributed by atoms with Crippen LogP contribution in [0, 0.1) is 0 Å². The highest BCUT2D eigenvalue weighted by atomic mass is 32.2. The summed E-state index contributed by atoms with van der Waals surface area (Å²) in [5.74, 6) is 3.18. The minimum atomic E-state index is 0.201. The monoisotopic (exact) mass is 251 g/mol. The van der Waals surface area contributed by atoms with Crippen molar-refractivity contribution in [2.75, 3.05) is 18.1 Å². The molecular formula is C14H21NOS. The summed E-state index contributed by atoms with van der Waals surface area (Å²) in [6, 6.07) is 6.59. The summed E-state index contributed by atoms with van der Waals surface area (Å²) in [5, 5.41) is 0. The van der Waals surface area contributed by atoms with E-state index in [4.69, 9.17) is 10.5 Å². The Bertz CT molecular complexity index is 367. The molecule has 0 spiro atoms. The average molecular weight is 251 g/mol. The summed E-state index contributed by atoms with van der Waals surface area (Å²) in [6.07, 6.45) is 3.47. The summed E-state index contributed by atoms with van der Waals surface area (Å²) in [7, 11) is 0. The second kappa shape index (κ2) is 6.31. The molecule has 94 valence electrons. The summed E-state index contributed by atoms with van der Waals surface area (Å²) in [4.78, 5) is 0. The van der Waals surface area contributed by atoms with Gasteiger partial charge < -0.3 is 10.5 Å². The van der Waals surface area contributed by atoms with Crippen LogP contribution in [0.15, 0.2) is 18.2 Å². The molecule has 0 bridgehead atoms. The number of hydrogen-bond donors (Lipinski definition) is 1. The second-order valence-corrected chi connectivity index (χ2v) is 5.80. The lowest BCUT2D eigenvalue weighted by atomic mass is 9.88. The van der Waals surface area contributed by atoms with Crippen molar-refractivity contribution in [3.05, 3.63) is 29.3 Å². The van der Waals surface area contributed by atoms with Gasteiger partial charge in [-0.05, 0) is 48.3 Å². The first-order valence-corrected chi connectivity index (χ1v) is 7.55. The highest BCUT2D eigenvalue weighted by molar-refractivity contribution is 7.99. The molecule has 3 heteroatoms. The topological polar surface area (TPSA) is 35.2 Å². The molecule has 0 saturated carbocycles. The maximum Gasteiger partial charge on any atom is 0.119 e. The molecule has 0 radical (unpaired) electrons. The number of thioether (sulfide) groups is 1. The van der Waals surface area contributed by atoms with Gasteiger partial charge in [0.1, 0.15) is 5.75 Å². The van der Waals surface area contributed by atoms with Crippen LogP contribution in [0.25, 0.3) is 0 Å². The van der Waals surface area contributed by atoms with E-state index < -0.39 is 0 Å². The number of aryl methyl sites for hydroxylation is 1. The molecule has 0 heterocycles. The van der Waals surface area contributed by atoms with E-state index in [1.54, 1.807) is 0 Å². The number of benzene rings is 1. The zero-order chi connectivity index (χ0) is 12.1. The van der Waals surface area contributed by atoms with Gasteiger partial charge in [0.15, 0.2) is 0 Å². The minimum absolute atomic E-state index is 0.201. The van der Waals surface area contributed by atoms with Gasteiger partial charge in [-0.15, -0.1) is 0 Å². The maximum absolute atomic E-state index is 6.13. The average Bonchev–Trinajstić information content (AvgIpc) is 2.36. The van der Waals surface area contributed by atoms with Crippen molar-refractivity contribution in [1.29, 1.82) is 0 Å². The van der Waals surface area contributed by atoms with Crippen molar-refractivity contribution in [3.8, 4) is 5.75 Å². The van der Waals surface area contributed by atoms with Crippen molar-refractivity contribution < 1.29 is 4.74 Å². The largest absolute Gasteiger partial charge is 0.493 e. The molecule has 1 aliphatic rings. The SMILES string of the molecule is CCSCCOc1ccc2c(c1)[C@H](N)CCC2. The van der Waals surface area contributed by atoms with E-state index in [1.807, 2.05) is 11.8 Å². The molecule has 0 amide bonds. The molecule has 0 fully saturated rings. The smallest absolute Gasteiger partial charge is 0.119 e. The lowest BCUT2D eigenvalue weighted by molar-refractivity contribution is 0.342. The fourth-order valence-corrected chi connectivity index (χ4v) is 2.76. The van der Waals surface area contributed by atoms with E-state index in [1.165, 1.54) is 17.5 Å². The van der Waals surface area contributed by atoms with Gasteiger partial charge in [-0.3, -0.25) is 0 Å². The first kappa shape index (κ1) is 12.8. The molecule has 0 aromatic heterocycles. The molecule has 1 aliphatic carbocycles. The van der Waals surface area contributed by atoms with Gasteiger partial charge >= 0.3 is 0 Å². The molecule has 1 aromatic rings. The Kier molecular flexibility index (Phi) is 4.75. The van der Waals surface area contributed by atoms with E-state index in [0.717, 1.165) is 36.7 Å². The van der Waals surface area contributed by atoms with Crippen LogP contribution in [-0.2, 0) is 6.42 Å². The van der Waals surface area contributed by atoms with Crippen LogP contribution in [0.5, 0.6) is 5.75 Å². The summed E-state index contributed by atoms with van der Waals surface area (Å²) >= 11 is 1.91. The van der Waals surface area contributed by atoms with Crippen LogP contribution in [0.1, 0.15) is 36.9 Å². The van der Waals surface area contributed by atoms with Crippen molar-refractivity contribution >= 4 is 11.8 Å². The fourth-order valence-electron chi connectivity index (χ4n) is 2.27. The highest BCUT2D eigenvalue weighted by Gasteiger charge is 2.17. The van der Waals surface area contributed by atoms with E-state index in [-0.39, 0.29) is 6.04 Å². The van der Waals surface area contributed by atoms with Crippen molar-refractivity contribution in [3.63, 3.8) is 0 Å². The van der Waals surface area contributed by atoms with Crippen molar-refractivity contribution in [2.45, 2.75) is 32.2 Å². The van der Waals surface area contributed by atoms with Crippen LogP contribution in [0.3, 0.4) is 0 Å². The number of rotatable bonds is 5. The van der Waals surface area contributed by atoms with Gasteiger partial charge in [0.25, 0.3) is 0 Å². The highest BCUT2D eigenvalue weighted by Crippen LogP contribution is 2.30. The van der Waals surface area contributed by atoms with Gasteiger partial charge in [0.05, 0.1) is 6.61 Å². The zero-order valence-corrected chi connectivity index (χ0v) is 11.3. The molecule has 0 aliphatic heterocycles. The summed E-state index contributed by atoms with van der Waals surface area (Å²) < 4.78 is 5.75. The first-order valence-electron chi connectivity index (χ1n) is 6.40. The van der Waals surface area contributed by atoms with Gasteiger partial charge in [-0.1, -0.05) is 13.0 Å². The summed E-state index contributed by atoms with van der Waals surface area (Å²) in [5.41, 5.74) is 8.82. The molecule has 0 saturated heterocycles. The van der Waals surface area contributed by atoms with Gasteiger partial charge in [-0.25, -0.2) is 0 Å². The van der Waals surface area contributed by atoms with Gasteiger partial charge in [0.2, 0.25) is 0 Å². The van der Waals surface area contributed by atoms with Crippen molar-refractivity contribution in [2.24, 2.45) is 5.73 Å². The Morgan fingerprint density at radius 3 is 3.18 bits per heavy atom. The Hall–Kier alpha value is -0.670. The standard InChI is InChI=1S/C14H21NOS/c1-2-17-9-8-16-12-7-6-11-4-3-5-14(15)13(11)10-12/h6-7,10,14H,2-5,8-9,15H2,1H3/t14-/m1/s1. The Balaban J connectivity index is 1.97. The predicted molar refractivity (Wildman–Crippen MR) is 74.8 cm³/mol. The molecular weight excluding hydrogens is 230 g/mol.